The van der Waals surface area contributed by atoms with Gasteiger partial charge in [-0.2, -0.15) is 0 Å². The summed E-state index contributed by atoms with van der Waals surface area (Å²) in [5.41, 5.74) is 1.20. The van der Waals surface area contributed by atoms with Crippen LogP contribution >= 0.6 is 11.6 Å². The highest BCUT2D eigenvalue weighted by Crippen LogP contribution is 2.18. The third-order valence-corrected chi connectivity index (χ3v) is 4.19. The van der Waals surface area contributed by atoms with Crippen LogP contribution in [-0.4, -0.2) is 15.5 Å². The van der Waals surface area contributed by atoms with Crippen molar-refractivity contribution < 1.29 is 9.18 Å². The van der Waals surface area contributed by atoms with Crippen molar-refractivity contribution in [1.29, 1.82) is 0 Å². The van der Waals surface area contributed by atoms with Gasteiger partial charge in [-0.25, -0.2) is 9.37 Å². The van der Waals surface area contributed by atoms with E-state index in [4.69, 9.17) is 11.6 Å². The third kappa shape index (κ3) is 4.60. The van der Waals surface area contributed by atoms with Gasteiger partial charge in [0, 0.05) is 28.0 Å². The molecule has 0 aliphatic carbocycles. The molecule has 0 aliphatic rings. The lowest BCUT2D eigenvalue weighted by atomic mass is 10.2. The molecule has 2 aromatic carbocycles. The molecule has 1 amide bonds. The number of nitrogens with zero attached hydrogens (tertiary/aromatic N) is 2. The van der Waals surface area contributed by atoms with Gasteiger partial charge in [0.05, 0.1) is 0 Å². The second kappa shape index (κ2) is 8.14. The van der Waals surface area contributed by atoms with Crippen molar-refractivity contribution >= 4 is 23.2 Å². The molecule has 0 bridgehead atoms. The predicted octanol–water partition coefficient (Wildman–Crippen LogP) is 3.90. The lowest BCUT2D eigenvalue weighted by molar-refractivity contribution is -0.116. The second-order valence-corrected chi connectivity index (χ2v) is 6.35. The Morgan fingerprint density at radius 1 is 1.19 bits per heavy atom. The van der Waals surface area contributed by atoms with Crippen LogP contribution in [-0.2, 0) is 17.8 Å². The average molecular weight is 386 g/mol. The van der Waals surface area contributed by atoms with Gasteiger partial charge in [-0.05, 0) is 42.8 Å². The fraction of sp³-hybridized carbons (Fsp3) is 0.150. The molecule has 3 rings (SSSR count). The Bertz CT molecular complexity index is 1030. The molecule has 5 nitrogen and oxygen atoms in total. The summed E-state index contributed by atoms with van der Waals surface area (Å²) in [6.07, 6.45) is 0.551. The van der Waals surface area contributed by atoms with Gasteiger partial charge in [0.15, 0.2) is 0 Å². The van der Waals surface area contributed by atoms with E-state index in [1.165, 1.54) is 28.8 Å². The molecule has 0 aliphatic heterocycles. The molecule has 3 aromatic rings. The van der Waals surface area contributed by atoms with Gasteiger partial charge in [-0.1, -0.05) is 30.7 Å². The molecule has 0 spiro atoms. The zero-order chi connectivity index (χ0) is 19.4. The normalized spacial score (nSPS) is 10.6. The SMILES string of the molecule is CCc1cc(=O)n(CC(=O)Nc2ccc(Cl)cc2)c(-c2cccc(F)c2)n1. The van der Waals surface area contributed by atoms with E-state index in [9.17, 15) is 14.0 Å². The highest BCUT2D eigenvalue weighted by atomic mass is 35.5. The van der Waals surface area contributed by atoms with Crippen molar-refractivity contribution in [1.82, 2.24) is 9.55 Å². The van der Waals surface area contributed by atoms with Crippen molar-refractivity contribution in [3.8, 4) is 11.4 Å². The van der Waals surface area contributed by atoms with E-state index in [2.05, 4.69) is 10.3 Å². The van der Waals surface area contributed by atoms with Crippen LogP contribution in [0.4, 0.5) is 10.1 Å². The van der Waals surface area contributed by atoms with Crippen LogP contribution in [0.3, 0.4) is 0 Å². The van der Waals surface area contributed by atoms with Gasteiger partial charge in [0.2, 0.25) is 5.91 Å². The Morgan fingerprint density at radius 3 is 2.59 bits per heavy atom. The van der Waals surface area contributed by atoms with Crippen LogP contribution in [0.5, 0.6) is 0 Å². The van der Waals surface area contributed by atoms with E-state index in [1.54, 1.807) is 30.3 Å². The summed E-state index contributed by atoms with van der Waals surface area (Å²) in [6.45, 7) is 1.62. The molecular weight excluding hydrogens is 369 g/mol. The smallest absolute Gasteiger partial charge is 0.254 e. The Balaban J connectivity index is 1.95. The first-order chi connectivity index (χ1) is 13.0. The van der Waals surface area contributed by atoms with Crippen molar-refractivity contribution in [2.75, 3.05) is 5.32 Å². The Morgan fingerprint density at radius 2 is 1.93 bits per heavy atom. The number of hydrogen-bond acceptors (Lipinski definition) is 3. The number of benzene rings is 2. The minimum absolute atomic E-state index is 0.246. The number of hydrogen-bond donors (Lipinski definition) is 1. The van der Waals surface area contributed by atoms with Crippen LogP contribution in [0.1, 0.15) is 12.6 Å². The van der Waals surface area contributed by atoms with Crippen LogP contribution in [0, 0.1) is 5.82 Å². The summed E-state index contributed by atoms with van der Waals surface area (Å²) in [6, 6.07) is 13.8. The zero-order valence-corrected chi connectivity index (χ0v) is 15.3. The molecule has 1 N–H and O–H groups in total. The molecule has 0 fully saturated rings. The molecule has 0 radical (unpaired) electrons. The first-order valence-corrected chi connectivity index (χ1v) is 8.76. The lowest BCUT2D eigenvalue weighted by Gasteiger charge is -2.14. The standard InChI is InChI=1S/C20H17ClFN3O2/c1-2-16-11-19(27)25(20(24-16)13-4-3-5-15(22)10-13)12-18(26)23-17-8-6-14(21)7-9-17/h3-11H,2,12H2,1H3,(H,23,26). The fourth-order valence-electron chi connectivity index (χ4n) is 2.61. The minimum atomic E-state index is -0.444. The van der Waals surface area contributed by atoms with Crippen molar-refractivity contribution in [3.05, 3.63) is 81.5 Å². The van der Waals surface area contributed by atoms with Crippen LogP contribution in [0.2, 0.25) is 5.02 Å². The molecule has 0 saturated heterocycles. The molecule has 0 unspecified atom stereocenters. The van der Waals surface area contributed by atoms with Crippen molar-refractivity contribution in [2.45, 2.75) is 19.9 Å². The summed E-state index contributed by atoms with van der Waals surface area (Å²) >= 11 is 5.83. The molecule has 27 heavy (non-hydrogen) atoms. The van der Waals surface area contributed by atoms with E-state index in [-0.39, 0.29) is 17.9 Å². The predicted molar refractivity (Wildman–Crippen MR) is 103 cm³/mol. The molecule has 0 saturated carbocycles. The number of amides is 1. The monoisotopic (exact) mass is 385 g/mol. The number of aromatic nitrogens is 2. The third-order valence-electron chi connectivity index (χ3n) is 3.94. The number of aryl methyl sites for hydroxylation is 1. The van der Waals surface area contributed by atoms with E-state index >= 15 is 0 Å². The van der Waals surface area contributed by atoms with Crippen LogP contribution in [0.15, 0.2) is 59.4 Å². The lowest BCUT2D eigenvalue weighted by Crippen LogP contribution is -2.30. The average Bonchev–Trinajstić information content (AvgIpc) is 2.65. The van der Waals surface area contributed by atoms with Gasteiger partial charge in [0.25, 0.3) is 5.56 Å². The maximum atomic E-state index is 13.6. The number of carbonyl (C=O) groups is 1. The summed E-state index contributed by atoms with van der Waals surface area (Å²) < 4.78 is 14.9. The highest BCUT2D eigenvalue weighted by molar-refractivity contribution is 6.30. The Kier molecular flexibility index (Phi) is 5.66. The molecule has 0 atom stereocenters. The topological polar surface area (TPSA) is 64.0 Å². The Labute approximate surface area is 160 Å². The summed E-state index contributed by atoms with van der Waals surface area (Å²) in [7, 11) is 0. The maximum Gasteiger partial charge on any atom is 0.254 e. The van der Waals surface area contributed by atoms with Crippen LogP contribution in [0.25, 0.3) is 11.4 Å². The van der Waals surface area contributed by atoms with Gasteiger partial charge in [-0.15, -0.1) is 0 Å². The molecule has 1 heterocycles. The molecule has 1 aromatic heterocycles. The van der Waals surface area contributed by atoms with E-state index in [1.807, 2.05) is 6.92 Å². The summed E-state index contributed by atoms with van der Waals surface area (Å²) in [5.74, 6) is -0.589. The Hall–Kier alpha value is -2.99. The minimum Gasteiger partial charge on any atom is -0.325 e. The quantitative estimate of drug-likeness (QED) is 0.724. The first kappa shape index (κ1) is 18.8. The molecule has 138 valence electrons. The number of nitrogens with one attached hydrogen (secondary N) is 1. The summed E-state index contributed by atoms with van der Waals surface area (Å²) in [5, 5.41) is 3.26. The maximum absolute atomic E-state index is 13.6. The van der Waals surface area contributed by atoms with Crippen LogP contribution < -0.4 is 10.9 Å². The van der Waals surface area contributed by atoms with Gasteiger partial charge in [-0.3, -0.25) is 14.2 Å². The number of anilines is 1. The second-order valence-electron chi connectivity index (χ2n) is 5.91. The van der Waals surface area contributed by atoms with E-state index < -0.39 is 11.7 Å². The largest absolute Gasteiger partial charge is 0.325 e. The van der Waals surface area contributed by atoms with Gasteiger partial charge < -0.3 is 5.32 Å². The van der Waals surface area contributed by atoms with Gasteiger partial charge in [0.1, 0.15) is 18.2 Å². The fourth-order valence-corrected chi connectivity index (χ4v) is 2.74. The van der Waals surface area contributed by atoms with E-state index in [0.717, 1.165) is 0 Å². The zero-order valence-electron chi connectivity index (χ0n) is 14.6. The number of rotatable bonds is 5. The van der Waals surface area contributed by atoms with E-state index in [0.29, 0.717) is 28.4 Å². The first-order valence-electron chi connectivity index (χ1n) is 8.38. The number of carbonyl (C=O) groups excluding carboxylic acids is 1. The molecular formula is C20H17ClFN3O2. The summed E-state index contributed by atoms with van der Waals surface area (Å²) in [4.78, 5) is 29.4. The van der Waals surface area contributed by atoms with Crippen molar-refractivity contribution in [3.63, 3.8) is 0 Å². The molecule has 7 heteroatoms. The highest BCUT2D eigenvalue weighted by Gasteiger charge is 2.14. The van der Waals surface area contributed by atoms with Gasteiger partial charge >= 0.3 is 0 Å². The number of halogens is 2. The van der Waals surface area contributed by atoms with Crippen molar-refractivity contribution in [2.24, 2.45) is 0 Å².